The van der Waals surface area contributed by atoms with Crippen LogP contribution in [-0.4, -0.2) is 24.1 Å². The van der Waals surface area contributed by atoms with Gasteiger partial charge in [-0.05, 0) is 32.1 Å². The molecule has 0 N–H and O–H groups in total. The Morgan fingerprint density at radius 2 is 2.21 bits per heavy atom. The predicted octanol–water partition coefficient (Wildman–Crippen LogP) is 1.84. The first kappa shape index (κ1) is 11.5. The number of rotatable bonds is 2. The monoisotopic (exact) mass is 262 g/mol. The van der Waals surface area contributed by atoms with Crippen molar-refractivity contribution in [1.29, 1.82) is 0 Å². The lowest BCUT2D eigenvalue weighted by atomic mass is 9.88. The molecule has 0 aromatic rings. The van der Waals surface area contributed by atoms with Crippen LogP contribution in [-0.2, 0) is 19.1 Å². The maximum atomic E-state index is 12.2. The molecule has 19 heavy (non-hydrogen) atoms. The fraction of sp³-hybridized carbons (Fsp3) is 0.733. The van der Waals surface area contributed by atoms with Crippen LogP contribution < -0.4 is 0 Å². The topological polar surface area (TPSA) is 52.6 Å². The summed E-state index contributed by atoms with van der Waals surface area (Å²) >= 11 is 0. The minimum Gasteiger partial charge on any atom is -0.458 e. The Morgan fingerprint density at radius 1 is 1.32 bits per heavy atom. The van der Waals surface area contributed by atoms with Crippen LogP contribution >= 0.6 is 0 Å². The lowest BCUT2D eigenvalue weighted by molar-refractivity contribution is -0.165. The summed E-state index contributed by atoms with van der Waals surface area (Å²) in [5.41, 5.74) is 0. The molecule has 4 rings (SSSR count). The minimum absolute atomic E-state index is 0.00275. The third kappa shape index (κ3) is 1.65. The molecule has 0 radical (unpaired) electrons. The Bertz CT molecular complexity index is 455. The highest BCUT2D eigenvalue weighted by Gasteiger charge is 2.63. The maximum Gasteiger partial charge on any atom is 0.309 e. The number of hydrogen-bond acceptors (Lipinski definition) is 4. The van der Waals surface area contributed by atoms with Crippen molar-refractivity contribution in [1.82, 2.24) is 0 Å². The summed E-state index contributed by atoms with van der Waals surface area (Å²) in [5.74, 6) is 0.564. The Labute approximate surface area is 112 Å². The molecule has 1 aliphatic heterocycles. The van der Waals surface area contributed by atoms with Crippen LogP contribution in [0, 0.1) is 23.7 Å². The average molecular weight is 262 g/mol. The van der Waals surface area contributed by atoms with Gasteiger partial charge in [0.25, 0.3) is 0 Å². The quantitative estimate of drug-likeness (QED) is 0.563. The Kier molecular flexibility index (Phi) is 2.47. The van der Waals surface area contributed by atoms with Crippen LogP contribution in [0.5, 0.6) is 0 Å². The number of ether oxygens (including phenoxy) is 2. The van der Waals surface area contributed by atoms with E-state index < -0.39 is 0 Å². The van der Waals surface area contributed by atoms with E-state index in [0.717, 1.165) is 32.1 Å². The minimum atomic E-state index is -0.175. The molecule has 1 heterocycles. The summed E-state index contributed by atoms with van der Waals surface area (Å²) in [7, 11) is 0. The van der Waals surface area contributed by atoms with Crippen molar-refractivity contribution in [2.24, 2.45) is 23.7 Å². The molecule has 0 aromatic carbocycles. The smallest absolute Gasteiger partial charge is 0.309 e. The Morgan fingerprint density at radius 3 is 3.00 bits per heavy atom. The fourth-order valence-corrected chi connectivity index (χ4v) is 4.30. The molecule has 102 valence electrons. The standard InChI is InChI=1S/C15H18O4/c16-14(8-4-2-1-3-5-8)18-12-9-6-10-11(7-9)15(17)19-13(10)12/h1-2,8-13H,3-7H2. The molecule has 4 heteroatoms. The lowest BCUT2D eigenvalue weighted by Gasteiger charge is -2.27. The molecule has 6 unspecified atom stereocenters. The van der Waals surface area contributed by atoms with Gasteiger partial charge in [-0.3, -0.25) is 9.59 Å². The normalized spacial score (nSPS) is 46.4. The zero-order valence-corrected chi connectivity index (χ0v) is 10.8. The maximum absolute atomic E-state index is 12.2. The van der Waals surface area contributed by atoms with E-state index in [4.69, 9.17) is 9.47 Å². The number of carbonyl (C=O) groups is 2. The van der Waals surface area contributed by atoms with Crippen molar-refractivity contribution in [3.63, 3.8) is 0 Å². The molecule has 6 atom stereocenters. The molecular weight excluding hydrogens is 244 g/mol. The van der Waals surface area contributed by atoms with Crippen LogP contribution in [0.4, 0.5) is 0 Å². The van der Waals surface area contributed by atoms with E-state index in [-0.39, 0.29) is 36.0 Å². The molecule has 4 nitrogen and oxygen atoms in total. The van der Waals surface area contributed by atoms with Crippen molar-refractivity contribution in [2.45, 2.75) is 44.3 Å². The van der Waals surface area contributed by atoms with Crippen LogP contribution in [0.25, 0.3) is 0 Å². The van der Waals surface area contributed by atoms with E-state index in [1.54, 1.807) is 0 Å². The largest absolute Gasteiger partial charge is 0.458 e. The van der Waals surface area contributed by atoms with Gasteiger partial charge in [0.1, 0.15) is 12.2 Å². The molecule has 0 spiro atoms. The van der Waals surface area contributed by atoms with Gasteiger partial charge in [0, 0.05) is 11.8 Å². The third-order valence-corrected chi connectivity index (χ3v) is 5.27. The van der Waals surface area contributed by atoms with E-state index in [0.29, 0.717) is 11.8 Å². The molecule has 3 aliphatic carbocycles. The molecule has 3 fully saturated rings. The van der Waals surface area contributed by atoms with Crippen molar-refractivity contribution >= 4 is 11.9 Å². The second-order valence-electron chi connectivity index (χ2n) is 6.29. The summed E-state index contributed by atoms with van der Waals surface area (Å²) < 4.78 is 11.1. The van der Waals surface area contributed by atoms with E-state index in [9.17, 15) is 9.59 Å². The molecule has 0 amide bonds. The number of carbonyl (C=O) groups excluding carboxylic acids is 2. The average Bonchev–Trinajstić information content (AvgIpc) is 3.04. The van der Waals surface area contributed by atoms with E-state index in [1.807, 2.05) is 0 Å². The Balaban J connectivity index is 1.45. The highest BCUT2D eigenvalue weighted by molar-refractivity contribution is 5.77. The molecule has 4 aliphatic rings. The van der Waals surface area contributed by atoms with Crippen molar-refractivity contribution < 1.29 is 19.1 Å². The van der Waals surface area contributed by atoms with Crippen LogP contribution in [0.1, 0.15) is 32.1 Å². The third-order valence-electron chi connectivity index (χ3n) is 5.27. The molecular formula is C15H18O4. The van der Waals surface area contributed by atoms with Crippen LogP contribution in [0.2, 0.25) is 0 Å². The van der Waals surface area contributed by atoms with Gasteiger partial charge in [0.15, 0.2) is 0 Å². The SMILES string of the molecule is O=C(OC1C2CC3C(=O)OC1C3C2)C1CC=CCC1. The molecule has 0 aromatic heterocycles. The highest BCUT2D eigenvalue weighted by Crippen LogP contribution is 2.55. The summed E-state index contributed by atoms with van der Waals surface area (Å²) in [6.07, 6.45) is 8.30. The zero-order valence-electron chi connectivity index (χ0n) is 10.8. The Hall–Kier alpha value is -1.32. The van der Waals surface area contributed by atoms with Gasteiger partial charge in [-0.1, -0.05) is 12.2 Å². The van der Waals surface area contributed by atoms with Gasteiger partial charge in [-0.15, -0.1) is 0 Å². The van der Waals surface area contributed by atoms with Gasteiger partial charge < -0.3 is 9.47 Å². The van der Waals surface area contributed by atoms with Gasteiger partial charge >= 0.3 is 11.9 Å². The van der Waals surface area contributed by atoms with Gasteiger partial charge in [0.2, 0.25) is 0 Å². The summed E-state index contributed by atoms with van der Waals surface area (Å²) in [6.45, 7) is 0. The molecule has 2 saturated carbocycles. The van der Waals surface area contributed by atoms with Gasteiger partial charge in [-0.25, -0.2) is 0 Å². The van der Waals surface area contributed by atoms with Crippen LogP contribution in [0.15, 0.2) is 12.2 Å². The summed E-state index contributed by atoms with van der Waals surface area (Å²) in [6, 6.07) is 0. The number of esters is 2. The van der Waals surface area contributed by atoms with Crippen molar-refractivity contribution in [3.05, 3.63) is 12.2 Å². The first-order valence-corrected chi connectivity index (χ1v) is 7.30. The van der Waals surface area contributed by atoms with Crippen molar-refractivity contribution in [2.75, 3.05) is 0 Å². The summed E-state index contributed by atoms with van der Waals surface area (Å²) in [5, 5.41) is 0. The number of hydrogen-bond donors (Lipinski definition) is 0. The van der Waals surface area contributed by atoms with Crippen LogP contribution in [0.3, 0.4) is 0 Å². The predicted molar refractivity (Wildman–Crippen MR) is 65.9 cm³/mol. The zero-order chi connectivity index (χ0) is 13.0. The first-order valence-electron chi connectivity index (χ1n) is 7.30. The van der Waals surface area contributed by atoms with E-state index in [1.165, 1.54) is 0 Å². The van der Waals surface area contributed by atoms with Crippen molar-refractivity contribution in [3.8, 4) is 0 Å². The fourth-order valence-electron chi connectivity index (χ4n) is 4.30. The second-order valence-corrected chi connectivity index (χ2v) is 6.29. The molecule has 1 saturated heterocycles. The number of allylic oxidation sites excluding steroid dienone is 2. The number of fused-ring (bicyclic) bond motifs is 1. The summed E-state index contributed by atoms with van der Waals surface area (Å²) in [4.78, 5) is 23.8. The van der Waals surface area contributed by atoms with Gasteiger partial charge in [-0.2, -0.15) is 0 Å². The second kappa shape index (κ2) is 4.09. The van der Waals surface area contributed by atoms with Gasteiger partial charge in [0.05, 0.1) is 11.8 Å². The highest BCUT2D eigenvalue weighted by atomic mass is 16.6. The van der Waals surface area contributed by atoms with E-state index in [2.05, 4.69) is 12.2 Å². The first-order chi connectivity index (χ1) is 9.24. The molecule has 2 bridgehead atoms. The lowest BCUT2D eigenvalue weighted by Crippen LogP contribution is -2.37. The van der Waals surface area contributed by atoms with E-state index >= 15 is 0 Å².